The molecule has 0 radical (unpaired) electrons. The van der Waals surface area contributed by atoms with Gasteiger partial charge in [-0.15, -0.1) is 11.8 Å². The van der Waals surface area contributed by atoms with Crippen LogP contribution < -0.4 is 0 Å². The molecular formula is C9H10N2O2S. The van der Waals surface area contributed by atoms with E-state index in [-0.39, 0.29) is 0 Å². The van der Waals surface area contributed by atoms with Gasteiger partial charge in [-0.1, -0.05) is 6.08 Å². The summed E-state index contributed by atoms with van der Waals surface area (Å²) in [5.41, 5.74) is 0.349. The highest BCUT2D eigenvalue weighted by Gasteiger charge is 1.98. The topological polar surface area (TPSA) is 63.1 Å². The molecule has 0 saturated heterocycles. The van der Waals surface area contributed by atoms with Crippen LogP contribution in [0, 0.1) is 0 Å². The number of carboxylic acids is 1. The maximum Gasteiger partial charge on any atom is 0.330 e. The number of rotatable bonds is 4. The minimum absolute atomic E-state index is 0.349. The highest BCUT2D eigenvalue weighted by Crippen LogP contribution is 2.13. The molecule has 0 bridgehead atoms. The first-order valence-corrected chi connectivity index (χ1v) is 4.97. The second-order valence-electron chi connectivity index (χ2n) is 2.55. The fraction of sp³-hybridized carbons (Fsp3) is 0.222. The molecule has 1 N–H and O–H groups in total. The first-order valence-electron chi connectivity index (χ1n) is 3.99. The summed E-state index contributed by atoms with van der Waals surface area (Å²) in [4.78, 5) is 18.4. The number of hydrogen-bond donors (Lipinski definition) is 1. The molecule has 0 spiro atoms. The molecule has 14 heavy (non-hydrogen) atoms. The van der Waals surface area contributed by atoms with Crippen molar-refractivity contribution in [3.63, 3.8) is 0 Å². The average molecular weight is 210 g/mol. The predicted molar refractivity (Wildman–Crippen MR) is 54.1 cm³/mol. The van der Waals surface area contributed by atoms with E-state index in [1.54, 1.807) is 31.6 Å². The Labute approximate surface area is 86.1 Å². The van der Waals surface area contributed by atoms with Crippen molar-refractivity contribution in [1.29, 1.82) is 0 Å². The zero-order valence-electron chi connectivity index (χ0n) is 7.67. The third-order valence-electron chi connectivity index (χ3n) is 1.50. The minimum atomic E-state index is -0.884. The average Bonchev–Trinajstić information content (AvgIpc) is 2.19. The van der Waals surface area contributed by atoms with Crippen LogP contribution in [0.4, 0.5) is 0 Å². The molecule has 0 aliphatic carbocycles. The molecule has 0 atom stereocenters. The molecule has 0 unspecified atom stereocenters. The zero-order valence-corrected chi connectivity index (χ0v) is 8.49. The lowest BCUT2D eigenvalue weighted by Gasteiger charge is -1.95. The SMILES string of the molecule is CC(=CCSc1cnccn1)C(=O)O. The van der Waals surface area contributed by atoms with Crippen molar-refractivity contribution in [2.45, 2.75) is 11.9 Å². The van der Waals surface area contributed by atoms with Crippen molar-refractivity contribution in [3.8, 4) is 0 Å². The van der Waals surface area contributed by atoms with Crippen LogP contribution in [-0.2, 0) is 4.79 Å². The van der Waals surface area contributed by atoms with Crippen molar-refractivity contribution >= 4 is 17.7 Å². The molecule has 4 nitrogen and oxygen atoms in total. The molecule has 0 aromatic carbocycles. The maximum atomic E-state index is 10.4. The summed E-state index contributed by atoms with van der Waals surface area (Å²) in [6.07, 6.45) is 6.51. The Morgan fingerprint density at radius 2 is 2.43 bits per heavy atom. The molecule has 0 saturated carbocycles. The molecular weight excluding hydrogens is 200 g/mol. The summed E-state index contributed by atoms with van der Waals surface area (Å²) in [5, 5.41) is 9.37. The molecule has 1 heterocycles. The zero-order chi connectivity index (χ0) is 10.4. The van der Waals surface area contributed by atoms with Crippen LogP contribution in [0.5, 0.6) is 0 Å². The normalized spacial score (nSPS) is 11.4. The number of aliphatic carboxylic acids is 1. The lowest BCUT2D eigenvalue weighted by Crippen LogP contribution is -1.96. The van der Waals surface area contributed by atoms with Crippen molar-refractivity contribution in [2.24, 2.45) is 0 Å². The van der Waals surface area contributed by atoms with Crippen molar-refractivity contribution in [1.82, 2.24) is 9.97 Å². The van der Waals surface area contributed by atoms with Crippen LogP contribution in [0.3, 0.4) is 0 Å². The van der Waals surface area contributed by atoms with Crippen LogP contribution in [0.25, 0.3) is 0 Å². The van der Waals surface area contributed by atoms with Crippen molar-refractivity contribution in [2.75, 3.05) is 5.75 Å². The third kappa shape index (κ3) is 3.57. The predicted octanol–water partition coefficient (Wildman–Crippen LogP) is 1.60. The van der Waals surface area contributed by atoms with E-state index in [1.807, 2.05) is 0 Å². The molecule has 74 valence electrons. The van der Waals surface area contributed by atoms with E-state index in [0.29, 0.717) is 11.3 Å². The highest BCUT2D eigenvalue weighted by molar-refractivity contribution is 7.99. The van der Waals surface area contributed by atoms with Crippen molar-refractivity contribution < 1.29 is 9.90 Å². The summed E-state index contributed by atoms with van der Waals surface area (Å²) < 4.78 is 0. The van der Waals surface area contributed by atoms with Crippen LogP contribution in [-0.4, -0.2) is 26.8 Å². The second kappa shape index (κ2) is 5.39. The van der Waals surface area contributed by atoms with Gasteiger partial charge in [-0.25, -0.2) is 9.78 Å². The fourth-order valence-corrected chi connectivity index (χ4v) is 1.47. The first-order chi connectivity index (χ1) is 6.70. The summed E-state index contributed by atoms with van der Waals surface area (Å²) in [6.45, 7) is 1.57. The molecule has 1 rings (SSSR count). The quantitative estimate of drug-likeness (QED) is 0.604. The molecule has 1 aromatic rings. The Morgan fingerprint density at radius 1 is 1.64 bits per heavy atom. The smallest absolute Gasteiger partial charge is 0.330 e. The standard InChI is InChI=1S/C9H10N2O2S/c1-7(9(12)13)2-5-14-8-6-10-3-4-11-8/h2-4,6H,5H2,1H3,(H,12,13). The van der Waals surface area contributed by atoms with E-state index in [2.05, 4.69) is 9.97 Å². The molecule has 0 aliphatic heterocycles. The van der Waals surface area contributed by atoms with Crippen LogP contribution in [0.15, 0.2) is 35.3 Å². The van der Waals surface area contributed by atoms with E-state index < -0.39 is 5.97 Å². The van der Waals surface area contributed by atoms with Gasteiger partial charge >= 0.3 is 5.97 Å². The van der Waals surface area contributed by atoms with Gasteiger partial charge in [-0.05, 0) is 6.92 Å². The van der Waals surface area contributed by atoms with Gasteiger partial charge in [0, 0.05) is 23.7 Å². The summed E-state index contributed by atoms with van der Waals surface area (Å²) >= 11 is 1.45. The Balaban J connectivity index is 2.43. The fourth-order valence-electron chi connectivity index (χ4n) is 0.699. The van der Waals surface area contributed by atoms with Gasteiger partial charge < -0.3 is 5.11 Å². The summed E-state index contributed by atoms with van der Waals surface area (Å²) in [6, 6.07) is 0. The second-order valence-corrected chi connectivity index (χ2v) is 3.59. The van der Waals surface area contributed by atoms with E-state index in [0.717, 1.165) is 5.03 Å². The lowest BCUT2D eigenvalue weighted by molar-refractivity contribution is -0.132. The molecule has 0 fully saturated rings. The van der Waals surface area contributed by atoms with Gasteiger partial charge in [0.15, 0.2) is 0 Å². The van der Waals surface area contributed by atoms with Gasteiger partial charge in [0.1, 0.15) is 5.03 Å². The maximum absolute atomic E-state index is 10.4. The highest BCUT2D eigenvalue weighted by atomic mass is 32.2. The monoisotopic (exact) mass is 210 g/mol. The van der Waals surface area contributed by atoms with Gasteiger partial charge in [-0.2, -0.15) is 0 Å². The number of thioether (sulfide) groups is 1. The number of hydrogen-bond acceptors (Lipinski definition) is 4. The van der Waals surface area contributed by atoms with E-state index in [9.17, 15) is 4.79 Å². The minimum Gasteiger partial charge on any atom is -0.478 e. The van der Waals surface area contributed by atoms with Crippen LogP contribution in [0.1, 0.15) is 6.92 Å². The Bertz CT molecular complexity index is 338. The molecule has 0 aliphatic rings. The molecule has 0 amide bonds. The number of nitrogens with zero attached hydrogens (tertiary/aromatic N) is 2. The van der Waals surface area contributed by atoms with Gasteiger partial charge in [0.05, 0.1) is 6.20 Å². The number of carboxylic acid groups (broad SMARTS) is 1. The Morgan fingerprint density at radius 3 is 3.00 bits per heavy atom. The van der Waals surface area contributed by atoms with E-state index >= 15 is 0 Å². The summed E-state index contributed by atoms with van der Waals surface area (Å²) in [7, 11) is 0. The van der Waals surface area contributed by atoms with Crippen molar-refractivity contribution in [3.05, 3.63) is 30.2 Å². The third-order valence-corrected chi connectivity index (χ3v) is 2.34. The molecule has 5 heteroatoms. The van der Waals surface area contributed by atoms with E-state index in [4.69, 9.17) is 5.11 Å². The first kappa shape index (κ1) is 10.7. The van der Waals surface area contributed by atoms with Crippen LogP contribution in [0.2, 0.25) is 0 Å². The number of aromatic nitrogens is 2. The lowest BCUT2D eigenvalue weighted by atomic mass is 10.3. The largest absolute Gasteiger partial charge is 0.478 e. The number of carbonyl (C=O) groups is 1. The van der Waals surface area contributed by atoms with Gasteiger partial charge in [0.2, 0.25) is 0 Å². The summed E-state index contributed by atoms with van der Waals surface area (Å²) in [5.74, 6) is -0.290. The van der Waals surface area contributed by atoms with Gasteiger partial charge in [-0.3, -0.25) is 4.98 Å². The van der Waals surface area contributed by atoms with E-state index in [1.165, 1.54) is 11.8 Å². The van der Waals surface area contributed by atoms with Gasteiger partial charge in [0.25, 0.3) is 0 Å². The Kier molecular flexibility index (Phi) is 4.12. The van der Waals surface area contributed by atoms with Crippen LogP contribution >= 0.6 is 11.8 Å². The molecule has 1 aromatic heterocycles. The Hall–Kier alpha value is -1.36.